The molecule has 152 valence electrons. The van der Waals surface area contributed by atoms with Gasteiger partial charge in [-0.3, -0.25) is 9.59 Å². The van der Waals surface area contributed by atoms with Gasteiger partial charge in [-0.1, -0.05) is 19.3 Å². The van der Waals surface area contributed by atoms with Crippen LogP contribution < -0.4 is 11.1 Å². The fraction of sp³-hybridized carbons (Fsp3) is 0.700. The van der Waals surface area contributed by atoms with E-state index in [-0.39, 0.29) is 35.7 Å². The summed E-state index contributed by atoms with van der Waals surface area (Å²) in [5.74, 6) is 0.258. The smallest absolute Gasteiger partial charge is 0.261 e. The number of amides is 2. The number of nitrogens with one attached hydrogen (secondary N) is 1. The van der Waals surface area contributed by atoms with Crippen molar-refractivity contribution in [2.45, 2.75) is 64.3 Å². The molecule has 2 amide bonds. The van der Waals surface area contributed by atoms with Gasteiger partial charge in [-0.05, 0) is 56.7 Å². The zero-order valence-corrected chi connectivity index (χ0v) is 17.8. The summed E-state index contributed by atoms with van der Waals surface area (Å²) >= 11 is 1.52. The number of hydrogen-bond donors (Lipinski definition) is 2. The van der Waals surface area contributed by atoms with Crippen LogP contribution in [0.3, 0.4) is 0 Å². The molecule has 1 saturated heterocycles. The summed E-state index contributed by atoms with van der Waals surface area (Å²) in [5.41, 5.74) is 6.06. The Morgan fingerprint density at radius 2 is 1.89 bits per heavy atom. The summed E-state index contributed by atoms with van der Waals surface area (Å²) in [5, 5.41) is 3.12. The fourth-order valence-electron chi connectivity index (χ4n) is 4.27. The maximum Gasteiger partial charge on any atom is 0.261 e. The zero-order valence-electron chi connectivity index (χ0n) is 16.2. The van der Waals surface area contributed by atoms with Gasteiger partial charge in [-0.2, -0.15) is 0 Å². The molecule has 1 aliphatic carbocycles. The maximum absolute atomic E-state index is 12.8. The van der Waals surface area contributed by atoms with E-state index < -0.39 is 0 Å². The molecule has 1 aromatic rings. The van der Waals surface area contributed by atoms with Gasteiger partial charge < -0.3 is 16.0 Å². The second-order valence-corrected chi connectivity index (χ2v) is 9.27. The Morgan fingerprint density at radius 3 is 2.44 bits per heavy atom. The predicted molar refractivity (Wildman–Crippen MR) is 113 cm³/mol. The van der Waals surface area contributed by atoms with Gasteiger partial charge in [0, 0.05) is 30.4 Å². The molecule has 27 heavy (non-hydrogen) atoms. The monoisotopic (exact) mass is 413 g/mol. The van der Waals surface area contributed by atoms with Crippen molar-refractivity contribution in [1.82, 2.24) is 10.2 Å². The van der Waals surface area contributed by atoms with Crippen molar-refractivity contribution in [3.05, 3.63) is 21.9 Å². The van der Waals surface area contributed by atoms with E-state index in [1.54, 1.807) is 0 Å². The molecule has 3 N–H and O–H groups in total. The average molecular weight is 414 g/mol. The van der Waals surface area contributed by atoms with Crippen LogP contribution in [0.5, 0.6) is 0 Å². The number of thiophene rings is 1. The lowest BCUT2D eigenvalue weighted by atomic mass is 9.71. The Balaban J connectivity index is 0.00000261. The van der Waals surface area contributed by atoms with Gasteiger partial charge in [0.15, 0.2) is 0 Å². The number of carbonyl (C=O) groups excluding carboxylic acids is 2. The van der Waals surface area contributed by atoms with Crippen molar-refractivity contribution in [2.24, 2.45) is 11.1 Å². The number of halogens is 1. The van der Waals surface area contributed by atoms with Crippen LogP contribution >= 0.6 is 23.7 Å². The fourth-order valence-corrected chi connectivity index (χ4v) is 5.04. The van der Waals surface area contributed by atoms with E-state index in [0.29, 0.717) is 13.0 Å². The molecular weight excluding hydrogens is 382 g/mol. The third-order valence-electron chi connectivity index (χ3n) is 6.02. The minimum atomic E-state index is 0. The van der Waals surface area contributed by atoms with Gasteiger partial charge in [0.2, 0.25) is 5.91 Å². The van der Waals surface area contributed by atoms with Crippen molar-refractivity contribution in [2.75, 3.05) is 19.6 Å². The lowest BCUT2D eigenvalue weighted by molar-refractivity contribution is -0.135. The molecule has 1 aromatic heterocycles. The second-order valence-electron chi connectivity index (χ2n) is 7.98. The number of aryl methyl sites for hydroxylation is 1. The first-order valence-electron chi connectivity index (χ1n) is 9.86. The first kappa shape index (κ1) is 22.2. The largest absolute Gasteiger partial charge is 0.348 e. The standard InChI is InChI=1S/C20H31N3O2S.ClH/c1-15-5-6-17(26-15)19(25)22-16-7-11-23(12-8-16)18(24)13-20(14-21)9-3-2-4-10-20;/h5-6,16H,2-4,7-14,21H2,1H3,(H,22,25);1H. The number of carbonyl (C=O) groups is 2. The van der Waals surface area contributed by atoms with Crippen LogP contribution in [0.15, 0.2) is 12.1 Å². The third kappa shape index (κ3) is 5.69. The van der Waals surface area contributed by atoms with E-state index in [9.17, 15) is 9.59 Å². The Bertz CT molecular complexity index is 635. The van der Waals surface area contributed by atoms with Gasteiger partial charge in [0.05, 0.1) is 4.88 Å². The first-order chi connectivity index (χ1) is 12.5. The Kier molecular flexibility index (Phi) is 8.13. The van der Waals surface area contributed by atoms with Crippen LogP contribution in [0.4, 0.5) is 0 Å². The summed E-state index contributed by atoms with van der Waals surface area (Å²) in [7, 11) is 0. The van der Waals surface area contributed by atoms with Gasteiger partial charge in [0.1, 0.15) is 0 Å². The maximum atomic E-state index is 12.8. The SMILES string of the molecule is Cc1ccc(C(=O)NC2CCN(C(=O)CC3(CN)CCCCC3)CC2)s1.Cl. The van der Waals surface area contributed by atoms with Gasteiger partial charge in [-0.15, -0.1) is 23.7 Å². The Morgan fingerprint density at radius 1 is 1.22 bits per heavy atom. The Hall–Kier alpha value is -1.11. The minimum absolute atomic E-state index is 0. The highest BCUT2D eigenvalue weighted by Gasteiger charge is 2.35. The molecule has 0 spiro atoms. The Labute approximate surface area is 172 Å². The molecule has 0 bridgehead atoms. The molecular formula is C20H32ClN3O2S. The van der Waals surface area contributed by atoms with Crippen molar-refractivity contribution in [3.63, 3.8) is 0 Å². The van der Waals surface area contributed by atoms with Gasteiger partial charge in [0.25, 0.3) is 5.91 Å². The molecule has 0 aromatic carbocycles. The van der Waals surface area contributed by atoms with Crippen LogP contribution in [0.25, 0.3) is 0 Å². The number of rotatable bonds is 5. The first-order valence-corrected chi connectivity index (χ1v) is 10.7. The number of nitrogens with two attached hydrogens (primary N) is 1. The topological polar surface area (TPSA) is 75.4 Å². The van der Waals surface area contributed by atoms with Crippen LogP contribution in [0.2, 0.25) is 0 Å². The number of piperidine rings is 1. The summed E-state index contributed by atoms with van der Waals surface area (Å²) in [6, 6.07) is 4.01. The van der Waals surface area contributed by atoms with Crippen molar-refractivity contribution in [1.29, 1.82) is 0 Å². The summed E-state index contributed by atoms with van der Waals surface area (Å²) < 4.78 is 0. The van der Waals surface area contributed by atoms with E-state index in [4.69, 9.17) is 5.73 Å². The quantitative estimate of drug-likeness (QED) is 0.775. The van der Waals surface area contributed by atoms with Crippen molar-refractivity contribution in [3.8, 4) is 0 Å². The summed E-state index contributed by atoms with van der Waals surface area (Å²) in [6.07, 6.45) is 8.08. The molecule has 5 nitrogen and oxygen atoms in total. The molecule has 2 aliphatic rings. The highest BCUT2D eigenvalue weighted by molar-refractivity contribution is 7.13. The van der Waals surface area contributed by atoms with E-state index >= 15 is 0 Å². The van der Waals surface area contributed by atoms with E-state index in [2.05, 4.69) is 5.32 Å². The molecule has 2 heterocycles. The zero-order chi connectivity index (χ0) is 18.6. The van der Waals surface area contributed by atoms with Crippen molar-refractivity contribution >= 4 is 35.6 Å². The molecule has 7 heteroatoms. The lowest BCUT2D eigenvalue weighted by Crippen LogP contribution is -2.48. The van der Waals surface area contributed by atoms with E-state index in [1.807, 2.05) is 24.0 Å². The molecule has 3 rings (SSSR count). The lowest BCUT2D eigenvalue weighted by Gasteiger charge is -2.39. The van der Waals surface area contributed by atoms with Crippen LogP contribution in [0, 0.1) is 12.3 Å². The van der Waals surface area contributed by atoms with Crippen LogP contribution in [-0.4, -0.2) is 42.4 Å². The molecule has 2 fully saturated rings. The molecule has 0 atom stereocenters. The minimum Gasteiger partial charge on any atom is -0.348 e. The van der Waals surface area contributed by atoms with E-state index in [1.165, 1.54) is 30.6 Å². The molecule has 1 aliphatic heterocycles. The molecule has 0 unspecified atom stereocenters. The second kappa shape index (κ2) is 9.89. The molecule has 1 saturated carbocycles. The van der Waals surface area contributed by atoms with E-state index in [0.717, 1.165) is 48.5 Å². The highest BCUT2D eigenvalue weighted by atomic mass is 35.5. The van der Waals surface area contributed by atoms with Crippen LogP contribution in [-0.2, 0) is 4.79 Å². The third-order valence-corrected chi connectivity index (χ3v) is 7.02. The number of hydrogen-bond acceptors (Lipinski definition) is 4. The van der Waals surface area contributed by atoms with Gasteiger partial charge >= 0.3 is 0 Å². The highest BCUT2D eigenvalue weighted by Crippen LogP contribution is 2.39. The number of likely N-dealkylation sites (tertiary alicyclic amines) is 1. The number of nitrogens with zero attached hydrogens (tertiary/aromatic N) is 1. The summed E-state index contributed by atoms with van der Waals surface area (Å²) in [4.78, 5) is 28.9. The van der Waals surface area contributed by atoms with Crippen LogP contribution in [0.1, 0.15) is 65.9 Å². The van der Waals surface area contributed by atoms with Gasteiger partial charge in [-0.25, -0.2) is 0 Å². The average Bonchev–Trinajstić information content (AvgIpc) is 3.09. The normalized spacial score (nSPS) is 20.0. The summed E-state index contributed by atoms with van der Waals surface area (Å²) in [6.45, 7) is 4.08. The van der Waals surface area contributed by atoms with Crippen molar-refractivity contribution < 1.29 is 9.59 Å². The predicted octanol–water partition coefficient (Wildman–Crippen LogP) is 3.50. The molecule has 0 radical (unpaired) electrons.